The SMILES string of the molecule is N#C/C=C\c1ccc(N)cc1. The third-order valence-corrected chi connectivity index (χ3v) is 1.29. The number of allylic oxidation sites excluding steroid dienone is 1. The van der Waals surface area contributed by atoms with Crippen molar-refractivity contribution in [2.24, 2.45) is 0 Å². The zero-order valence-corrected chi connectivity index (χ0v) is 5.99. The highest BCUT2D eigenvalue weighted by Crippen LogP contribution is 2.06. The maximum absolute atomic E-state index is 8.22. The van der Waals surface area contributed by atoms with Gasteiger partial charge in [-0.15, -0.1) is 0 Å². The van der Waals surface area contributed by atoms with Crippen molar-refractivity contribution < 1.29 is 0 Å². The number of hydrogen-bond donors (Lipinski definition) is 1. The van der Waals surface area contributed by atoms with Gasteiger partial charge in [-0.25, -0.2) is 0 Å². The van der Waals surface area contributed by atoms with E-state index < -0.39 is 0 Å². The molecule has 0 radical (unpaired) electrons. The van der Waals surface area contributed by atoms with Crippen LogP contribution >= 0.6 is 0 Å². The molecule has 54 valence electrons. The van der Waals surface area contributed by atoms with Gasteiger partial charge >= 0.3 is 0 Å². The van der Waals surface area contributed by atoms with Crippen LogP contribution < -0.4 is 5.73 Å². The van der Waals surface area contributed by atoms with E-state index in [0.717, 1.165) is 11.3 Å². The Morgan fingerprint density at radius 2 is 1.91 bits per heavy atom. The van der Waals surface area contributed by atoms with Gasteiger partial charge in [0.25, 0.3) is 0 Å². The zero-order valence-electron chi connectivity index (χ0n) is 5.99. The van der Waals surface area contributed by atoms with E-state index in [1.54, 1.807) is 18.2 Å². The van der Waals surface area contributed by atoms with Crippen LogP contribution in [0.25, 0.3) is 6.08 Å². The molecule has 0 amide bonds. The van der Waals surface area contributed by atoms with Crippen molar-refractivity contribution >= 4 is 11.8 Å². The molecule has 0 atom stereocenters. The molecule has 1 rings (SSSR count). The average Bonchev–Trinajstić information content (AvgIpc) is 2.04. The molecule has 11 heavy (non-hydrogen) atoms. The summed E-state index contributed by atoms with van der Waals surface area (Å²) in [6, 6.07) is 9.25. The molecule has 2 heteroatoms. The van der Waals surface area contributed by atoms with Gasteiger partial charge in [-0.2, -0.15) is 5.26 Å². The van der Waals surface area contributed by atoms with Crippen LogP contribution in [0, 0.1) is 11.3 Å². The molecule has 0 aliphatic carbocycles. The summed E-state index contributed by atoms with van der Waals surface area (Å²) in [5.41, 5.74) is 7.19. The van der Waals surface area contributed by atoms with Crippen molar-refractivity contribution in [2.75, 3.05) is 5.73 Å². The summed E-state index contributed by atoms with van der Waals surface area (Å²) in [6.07, 6.45) is 3.17. The van der Waals surface area contributed by atoms with E-state index in [9.17, 15) is 0 Å². The smallest absolute Gasteiger partial charge is 0.0912 e. The molecule has 0 heterocycles. The number of nitrogens with two attached hydrogens (primary N) is 1. The Morgan fingerprint density at radius 1 is 1.27 bits per heavy atom. The second kappa shape index (κ2) is 3.43. The molecule has 0 aliphatic heterocycles. The van der Waals surface area contributed by atoms with Crippen LogP contribution in [-0.4, -0.2) is 0 Å². The highest BCUT2D eigenvalue weighted by atomic mass is 14.5. The van der Waals surface area contributed by atoms with E-state index in [1.807, 2.05) is 18.2 Å². The number of nitriles is 1. The Balaban J connectivity index is 2.84. The van der Waals surface area contributed by atoms with Crippen molar-refractivity contribution in [2.45, 2.75) is 0 Å². The average molecular weight is 144 g/mol. The first-order chi connectivity index (χ1) is 5.33. The normalized spacial score (nSPS) is 9.73. The van der Waals surface area contributed by atoms with Crippen LogP contribution in [0.2, 0.25) is 0 Å². The number of benzene rings is 1. The molecule has 0 aliphatic rings. The monoisotopic (exact) mass is 144 g/mol. The van der Waals surface area contributed by atoms with E-state index >= 15 is 0 Å². The van der Waals surface area contributed by atoms with Crippen LogP contribution in [-0.2, 0) is 0 Å². The van der Waals surface area contributed by atoms with Gasteiger partial charge in [0.05, 0.1) is 6.07 Å². The van der Waals surface area contributed by atoms with E-state index in [0.29, 0.717) is 0 Å². The van der Waals surface area contributed by atoms with Gasteiger partial charge in [0.1, 0.15) is 0 Å². The summed E-state index contributed by atoms with van der Waals surface area (Å²) >= 11 is 0. The molecular weight excluding hydrogens is 136 g/mol. The number of nitrogens with zero attached hydrogens (tertiary/aromatic N) is 1. The zero-order chi connectivity index (χ0) is 8.10. The van der Waals surface area contributed by atoms with Gasteiger partial charge in [-0.3, -0.25) is 0 Å². The minimum atomic E-state index is 0.735. The Hall–Kier alpha value is -1.75. The number of anilines is 1. The lowest BCUT2D eigenvalue weighted by Gasteiger charge is -1.92. The fourth-order valence-corrected chi connectivity index (χ4v) is 0.741. The Bertz CT molecular complexity index is 290. The largest absolute Gasteiger partial charge is 0.399 e. The lowest BCUT2D eigenvalue weighted by Crippen LogP contribution is -1.82. The quantitative estimate of drug-likeness (QED) is 0.482. The van der Waals surface area contributed by atoms with E-state index in [4.69, 9.17) is 11.0 Å². The highest BCUT2D eigenvalue weighted by molar-refractivity contribution is 5.54. The molecule has 0 unspecified atom stereocenters. The van der Waals surface area contributed by atoms with Crippen molar-refractivity contribution in [3.63, 3.8) is 0 Å². The maximum Gasteiger partial charge on any atom is 0.0912 e. The third-order valence-electron chi connectivity index (χ3n) is 1.29. The van der Waals surface area contributed by atoms with E-state index in [2.05, 4.69) is 0 Å². The summed E-state index contributed by atoms with van der Waals surface area (Å²) in [5.74, 6) is 0. The number of rotatable bonds is 1. The topological polar surface area (TPSA) is 49.8 Å². The van der Waals surface area contributed by atoms with Crippen molar-refractivity contribution in [3.8, 4) is 6.07 Å². The first-order valence-electron chi connectivity index (χ1n) is 3.24. The van der Waals surface area contributed by atoms with Crippen molar-refractivity contribution in [1.29, 1.82) is 5.26 Å². The van der Waals surface area contributed by atoms with Crippen LogP contribution in [0.1, 0.15) is 5.56 Å². The molecule has 0 saturated heterocycles. The van der Waals surface area contributed by atoms with Crippen LogP contribution in [0.3, 0.4) is 0 Å². The fourth-order valence-electron chi connectivity index (χ4n) is 0.741. The molecule has 1 aromatic carbocycles. The second-order valence-corrected chi connectivity index (χ2v) is 2.13. The molecule has 0 fully saturated rings. The lowest BCUT2D eigenvalue weighted by atomic mass is 10.2. The standard InChI is InChI=1S/C9H8N2/c10-7-1-2-8-3-5-9(11)6-4-8/h1-6H,11H2/b2-1-. The minimum Gasteiger partial charge on any atom is -0.399 e. The van der Waals surface area contributed by atoms with Crippen LogP contribution in [0.4, 0.5) is 5.69 Å². The molecule has 1 aromatic rings. The summed E-state index contributed by atoms with van der Waals surface area (Å²) < 4.78 is 0. The van der Waals surface area contributed by atoms with E-state index in [1.165, 1.54) is 6.08 Å². The van der Waals surface area contributed by atoms with Gasteiger partial charge in [-0.1, -0.05) is 12.1 Å². The fraction of sp³-hybridized carbons (Fsp3) is 0. The summed E-state index contributed by atoms with van der Waals surface area (Å²) in [5, 5.41) is 8.22. The van der Waals surface area contributed by atoms with Gasteiger partial charge in [0.15, 0.2) is 0 Å². The molecule has 0 spiro atoms. The molecule has 2 N–H and O–H groups in total. The summed E-state index contributed by atoms with van der Waals surface area (Å²) in [6.45, 7) is 0. The summed E-state index contributed by atoms with van der Waals surface area (Å²) in [7, 11) is 0. The molecule has 0 saturated carbocycles. The third kappa shape index (κ3) is 2.15. The summed E-state index contributed by atoms with van der Waals surface area (Å²) in [4.78, 5) is 0. The molecule has 0 bridgehead atoms. The predicted octanol–water partition coefficient (Wildman–Crippen LogP) is 1.81. The van der Waals surface area contributed by atoms with Gasteiger partial charge in [-0.05, 0) is 23.8 Å². The van der Waals surface area contributed by atoms with Crippen LogP contribution in [0.15, 0.2) is 30.3 Å². The predicted molar refractivity (Wildman–Crippen MR) is 45.5 cm³/mol. The number of nitrogen functional groups attached to an aromatic ring is 1. The first kappa shape index (κ1) is 7.36. The molecule has 0 aromatic heterocycles. The molecule has 2 nitrogen and oxygen atoms in total. The van der Waals surface area contributed by atoms with Crippen LogP contribution in [0.5, 0.6) is 0 Å². The Morgan fingerprint density at radius 3 is 2.45 bits per heavy atom. The van der Waals surface area contributed by atoms with Crippen molar-refractivity contribution in [1.82, 2.24) is 0 Å². The van der Waals surface area contributed by atoms with Gasteiger partial charge in [0.2, 0.25) is 0 Å². The van der Waals surface area contributed by atoms with Gasteiger partial charge < -0.3 is 5.73 Å². The van der Waals surface area contributed by atoms with Crippen molar-refractivity contribution in [3.05, 3.63) is 35.9 Å². The maximum atomic E-state index is 8.22. The lowest BCUT2D eigenvalue weighted by molar-refractivity contribution is 1.54. The molecular formula is C9H8N2. The van der Waals surface area contributed by atoms with Gasteiger partial charge in [0, 0.05) is 11.8 Å². The minimum absolute atomic E-state index is 0.735. The second-order valence-electron chi connectivity index (χ2n) is 2.13. The number of hydrogen-bond acceptors (Lipinski definition) is 2. The van der Waals surface area contributed by atoms with E-state index in [-0.39, 0.29) is 0 Å². The highest BCUT2D eigenvalue weighted by Gasteiger charge is 1.84. The Kier molecular flexibility index (Phi) is 2.29. The Labute approximate surface area is 65.6 Å². The first-order valence-corrected chi connectivity index (χ1v) is 3.24.